The van der Waals surface area contributed by atoms with Gasteiger partial charge in [-0.2, -0.15) is 0 Å². The molecule has 6 aromatic heterocycles. The Morgan fingerprint density at radius 2 is 0.531 bits per heavy atom. The Hall–Kier alpha value is -12.8. The van der Waals surface area contributed by atoms with Crippen LogP contribution in [0.15, 0.2) is 328 Å². The maximum absolute atomic E-state index is 5.66. The average molecular weight is 1220 g/mol. The Labute approximate surface area is 552 Å². The summed E-state index contributed by atoms with van der Waals surface area (Å²) in [5.74, 6) is 0.652. The van der Waals surface area contributed by atoms with Gasteiger partial charge in [0.1, 0.15) is 13.5 Å². The highest BCUT2D eigenvalue weighted by Gasteiger charge is 2.24. The molecular weight excluding hydrogens is 1170 g/mol. The third kappa shape index (κ3) is 8.22. The van der Waals surface area contributed by atoms with Crippen molar-refractivity contribution >= 4 is 122 Å². The summed E-state index contributed by atoms with van der Waals surface area (Å²) in [4.78, 5) is 11.3. The standard InChI is InChI=1S/C88H56BN7/c89-61-40-49-82-75(54-61)85-86(55-32-41-65(42-33-55)92-78-30-16-12-26-69(78)73-50-57(38-47-80(73)92)59-36-45-71-67-24-10-14-28-76(67)94(83(71)52-59)62-18-4-1-5-19-62)90-87(91-88(85)96(82)64-22-8-3-9-23-64)56-34-43-66(44-35-56)93-79-31-17-13-27-70(79)74-51-58(39-48-81(74)93)60-37-46-72-68-25-11-15-29-77(68)95(84(72)53-60)63-20-6-2-7-21-63/h1-54H,89H2. The molecule has 7 nitrogen and oxygen atoms in total. The minimum atomic E-state index is 0.652. The molecule has 0 saturated heterocycles. The van der Waals surface area contributed by atoms with Gasteiger partial charge in [0, 0.05) is 88.0 Å². The maximum atomic E-state index is 5.66. The van der Waals surface area contributed by atoms with Gasteiger partial charge in [0.15, 0.2) is 5.82 Å². The molecular formula is C88H56BN7. The molecule has 0 fully saturated rings. The van der Waals surface area contributed by atoms with Gasteiger partial charge in [-0.1, -0.05) is 194 Å². The van der Waals surface area contributed by atoms with Crippen molar-refractivity contribution in [3.8, 4) is 73.3 Å². The lowest BCUT2D eigenvalue weighted by atomic mass is 9.94. The van der Waals surface area contributed by atoms with Crippen molar-refractivity contribution in [3.63, 3.8) is 0 Å². The molecule has 446 valence electrons. The quantitative estimate of drug-likeness (QED) is 0.135. The second kappa shape index (κ2) is 21.1. The van der Waals surface area contributed by atoms with Crippen LogP contribution < -0.4 is 5.46 Å². The van der Waals surface area contributed by atoms with Crippen molar-refractivity contribution in [2.45, 2.75) is 0 Å². The van der Waals surface area contributed by atoms with Gasteiger partial charge < -0.3 is 18.3 Å². The highest BCUT2D eigenvalue weighted by molar-refractivity contribution is 6.34. The van der Waals surface area contributed by atoms with Crippen LogP contribution in [-0.2, 0) is 0 Å². The van der Waals surface area contributed by atoms with Gasteiger partial charge in [-0.3, -0.25) is 4.57 Å². The smallest absolute Gasteiger partial charge is 0.162 e. The normalized spacial score (nSPS) is 12.0. The van der Waals surface area contributed by atoms with Crippen molar-refractivity contribution in [3.05, 3.63) is 328 Å². The average Bonchev–Trinajstić information content (AvgIpc) is 1.58. The van der Waals surface area contributed by atoms with Crippen molar-refractivity contribution in [2.75, 3.05) is 0 Å². The number of benzene rings is 14. The summed E-state index contributed by atoms with van der Waals surface area (Å²) in [5.41, 5.74) is 25.4. The molecule has 14 aromatic carbocycles. The van der Waals surface area contributed by atoms with Gasteiger partial charge in [0.05, 0.1) is 60.7 Å². The van der Waals surface area contributed by atoms with Crippen molar-refractivity contribution < 1.29 is 0 Å². The van der Waals surface area contributed by atoms with Crippen molar-refractivity contribution in [1.82, 2.24) is 32.8 Å². The van der Waals surface area contributed by atoms with Crippen LogP contribution in [0.5, 0.6) is 0 Å². The number of aromatic nitrogens is 7. The summed E-state index contributed by atoms with van der Waals surface area (Å²) in [5, 5.41) is 11.9. The van der Waals surface area contributed by atoms with E-state index in [2.05, 4.69) is 358 Å². The summed E-state index contributed by atoms with van der Waals surface area (Å²) in [6, 6.07) is 119. The summed E-state index contributed by atoms with van der Waals surface area (Å²) in [7, 11) is 2.17. The predicted octanol–water partition coefficient (Wildman–Crippen LogP) is 20.9. The third-order valence-corrected chi connectivity index (χ3v) is 19.9. The highest BCUT2D eigenvalue weighted by Crippen LogP contribution is 2.44. The molecule has 0 radical (unpaired) electrons. The molecule has 0 unspecified atom stereocenters. The summed E-state index contributed by atoms with van der Waals surface area (Å²) in [6.07, 6.45) is 0. The number of fused-ring (bicyclic) bond motifs is 15. The van der Waals surface area contributed by atoms with E-state index in [-0.39, 0.29) is 0 Å². The van der Waals surface area contributed by atoms with Crippen LogP contribution in [0.3, 0.4) is 0 Å². The zero-order valence-electron chi connectivity index (χ0n) is 52.3. The molecule has 6 heterocycles. The molecule has 0 amide bonds. The molecule has 0 N–H and O–H groups in total. The second-order valence-electron chi connectivity index (χ2n) is 25.4. The van der Waals surface area contributed by atoms with E-state index in [4.69, 9.17) is 9.97 Å². The van der Waals surface area contributed by atoms with E-state index in [9.17, 15) is 0 Å². The molecule has 0 aliphatic heterocycles. The van der Waals surface area contributed by atoms with E-state index in [1.807, 2.05) is 0 Å². The topological polar surface area (TPSA) is 50.4 Å². The Morgan fingerprint density at radius 3 is 1.00 bits per heavy atom. The van der Waals surface area contributed by atoms with Gasteiger partial charge in [-0.15, -0.1) is 0 Å². The number of nitrogens with zero attached hydrogens (tertiary/aromatic N) is 7. The number of para-hydroxylation sites is 7. The highest BCUT2D eigenvalue weighted by atomic mass is 15.1. The van der Waals surface area contributed by atoms with Crippen LogP contribution in [0.2, 0.25) is 0 Å². The van der Waals surface area contributed by atoms with Crippen LogP contribution in [0.25, 0.3) is 182 Å². The monoisotopic (exact) mass is 1220 g/mol. The first-order valence-corrected chi connectivity index (χ1v) is 32.9. The van der Waals surface area contributed by atoms with E-state index in [0.29, 0.717) is 5.82 Å². The molecule has 0 spiro atoms. The summed E-state index contributed by atoms with van der Waals surface area (Å²) in [6.45, 7) is 0. The maximum Gasteiger partial charge on any atom is 0.162 e. The van der Waals surface area contributed by atoms with E-state index in [1.54, 1.807) is 0 Å². The fourth-order valence-corrected chi connectivity index (χ4v) is 15.6. The number of hydrogen-bond donors (Lipinski definition) is 0. The van der Waals surface area contributed by atoms with Crippen molar-refractivity contribution in [1.29, 1.82) is 0 Å². The van der Waals surface area contributed by atoms with E-state index in [0.717, 1.165) is 89.3 Å². The number of hydrogen-bond acceptors (Lipinski definition) is 2. The van der Waals surface area contributed by atoms with Crippen LogP contribution in [0.1, 0.15) is 0 Å². The molecule has 0 aliphatic carbocycles. The lowest BCUT2D eigenvalue weighted by Crippen LogP contribution is -2.01. The molecule has 96 heavy (non-hydrogen) atoms. The minimum Gasteiger partial charge on any atom is -0.309 e. The Bertz CT molecular complexity index is 6550. The zero-order chi connectivity index (χ0) is 63.1. The van der Waals surface area contributed by atoms with Gasteiger partial charge in [-0.05, 0) is 162 Å². The summed E-state index contributed by atoms with van der Waals surface area (Å²) < 4.78 is 11.9. The lowest BCUT2D eigenvalue weighted by Gasteiger charge is -2.13. The first kappa shape index (κ1) is 53.8. The largest absolute Gasteiger partial charge is 0.309 e. The van der Waals surface area contributed by atoms with Crippen LogP contribution >= 0.6 is 0 Å². The molecule has 20 rings (SSSR count). The molecule has 0 saturated carbocycles. The fraction of sp³-hybridized carbons (Fsp3) is 0. The van der Waals surface area contributed by atoms with E-state index in [1.165, 1.54) is 92.9 Å². The predicted molar refractivity (Wildman–Crippen MR) is 404 cm³/mol. The summed E-state index contributed by atoms with van der Waals surface area (Å²) >= 11 is 0. The van der Waals surface area contributed by atoms with Gasteiger partial charge in [0.2, 0.25) is 0 Å². The molecule has 0 atom stereocenters. The first-order chi connectivity index (χ1) is 47.5. The Kier molecular flexibility index (Phi) is 11.9. The Balaban J connectivity index is 0.696. The number of rotatable bonds is 9. The molecule has 0 bridgehead atoms. The first-order valence-electron chi connectivity index (χ1n) is 32.9. The zero-order valence-corrected chi connectivity index (χ0v) is 52.3. The van der Waals surface area contributed by atoms with Gasteiger partial charge >= 0.3 is 0 Å². The molecule has 20 aromatic rings. The molecule has 8 heteroatoms. The van der Waals surface area contributed by atoms with Crippen molar-refractivity contribution in [2.24, 2.45) is 0 Å². The Morgan fingerprint density at radius 1 is 0.208 bits per heavy atom. The van der Waals surface area contributed by atoms with E-state index >= 15 is 0 Å². The van der Waals surface area contributed by atoms with Gasteiger partial charge in [0.25, 0.3) is 0 Å². The molecule has 0 aliphatic rings. The third-order valence-electron chi connectivity index (χ3n) is 19.9. The van der Waals surface area contributed by atoms with Crippen LogP contribution in [0, 0.1) is 0 Å². The lowest BCUT2D eigenvalue weighted by molar-refractivity contribution is 1.11. The second-order valence-corrected chi connectivity index (χ2v) is 25.4. The van der Waals surface area contributed by atoms with Gasteiger partial charge in [-0.25, -0.2) is 9.97 Å². The van der Waals surface area contributed by atoms with E-state index < -0.39 is 0 Å². The van der Waals surface area contributed by atoms with Crippen LogP contribution in [-0.4, -0.2) is 40.6 Å². The SMILES string of the molecule is Bc1ccc2c(c1)c1c(-c3ccc(-n4c5ccccc5c5cc(-c6ccc7c8ccccc8n(-c8ccccc8)c7c6)ccc54)cc3)nc(-c3ccc(-n4c5ccccc5c5cc(-c6ccc7c8ccccc8n(-c8ccccc8)c7c6)ccc54)cc3)nc1n2-c1ccccc1. The van der Waals surface area contributed by atoms with Crippen LogP contribution in [0.4, 0.5) is 0 Å². The fourth-order valence-electron chi connectivity index (χ4n) is 15.6. The minimum absolute atomic E-state index is 0.652.